The van der Waals surface area contributed by atoms with Crippen LogP contribution in [0, 0.1) is 39.9 Å². The van der Waals surface area contributed by atoms with E-state index in [1.54, 1.807) is 0 Å². The van der Waals surface area contributed by atoms with Crippen LogP contribution in [0.25, 0.3) is 0 Å². The van der Waals surface area contributed by atoms with Crippen molar-refractivity contribution >= 4 is 11.7 Å². The lowest BCUT2D eigenvalue weighted by atomic mass is 9.68. The molecule has 1 heterocycles. The summed E-state index contributed by atoms with van der Waals surface area (Å²) in [5.74, 6) is 0.296. The molecule has 0 fully saturated rings. The van der Waals surface area contributed by atoms with Crippen molar-refractivity contribution in [2.24, 2.45) is 23.2 Å². The molecule has 0 saturated heterocycles. The highest BCUT2D eigenvalue weighted by Crippen LogP contribution is 2.45. The molecule has 2 rings (SSSR count). The summed E-state index contributed by atoms with van der Waals surface area (Å²) in [5, 5.41) is 17.3. The molecule has 0 aromatic heterocycles. The molecule has 108 valence electrons. The molecule has 0 amide bonds. The Bertz CT molecular complexity index is 523. The second kappa shape index (κ2) is 5.05. The summed E-state index contributed by atoms with van der Waals surface area (Å²) in [6, 6.07) is 2.15. The predicted octanol–water partition coefficient (Wildman–Crippen LogP) is 3.44. The normalized spacial score (nSPS) is 29.0. The topological polar surface area (TPSA) is 73.9 Å². The van der Waals surface area contributed by atoms with Crippen molar-refractivity contribution in [3.05, 3.63) is 11.3 Å². The van der Waals surface area contributed by atoms with Gasteiger partial charge in [0.05, 0.1) is 6.07 Å². The van der Waals surface area contributed by atoms with Crippen molar-refractivity contribution in [1.82, 2.24) is 0 Å². The summed E-state index contributed by atoms with van der Waals surface area (Å²) in [4.78, 5) is 12.5. The van der Waals surface area contributed by atoms with Gasteiger partial charge in [-0.3, -0.25) is 10.2 Å². The third-order valence-corrected chi connectivity index (χ3v) is 4.03. The third kappa shape index (κ3) is 2.63. The molecule has 1 aliphatic carbocycles. The van der Waals surface area contributed by atoms with Gasteiger partial charge in [-0.1, -0.05) is 27.7 Å². The zero-order valence-electron chi connectivity index (χ0n) is 12.6. The Morgan fingerprint density at radius 1 is 1.45 bits per heavy atom. The van der Waals surface area contributed by atoms with Gasteiger partial charge in [0.25, 0.3) is 0 Å². The van der Waals surface area contributed by atoms with Crippen LogP contribution in [0.5, 0.6) is 0 Å². The van der Waals surface area contributed by atoms with E-state index in [9.17, 15) is 10.1 Å². The molecule has 20 heavy (non-hydrogen) atoms. The number of Topliss-reactive ketones (excluding diaryl/α,β-unsaturated/α-hetero) is 1. The summed E-state index contributed by atoms with van der Waals surface area (Å²) in [5.41, 5.74) is 0.554. The Kier molecular flexibility index (Phi) is 3.73. The minimum atomic E-state index is -0.624. The number of nitrogens with zero attached hydrogens (tertiary/aromatic N) is 1. The highest BCUT2D eigenvalue weighted by molar-refractivity contribution is 6.00. The zero-order chi connectivity index (χ0) is 15.1. The van der Waals surface area contributed by atoms with Crippen LogP contribution < -0.4 is 0 Å². The van der Waals surface area contributed by atoms with Crippen molar-refractivity contribution < 1.29 is 9.53 Å². The van der Waals surface area contributed by atoms with Gasteiger partial charge in [0.2, 0.25) is 5.90 Å². The molecule has 0 radical (unpaired) electrons. The van der Waals surface area contributed by atoms with Crippen LogP contribution in [0.3, 0.4) is 0 Å². The molecule has 2 aliphatic rings. The smallest absolute Gasteiger partial charge is 0.204 e. The third-order valence-electron chi connectivity index (χ3n) is 4.03. The van der Waals surface area contributed by atoms with Gasteiger partial charge in [0.15, 0.2) is 5.78 Å². The second-order valence-corrected chi connectivity index (χ2v) is 7.09. The van der Waals surface area contributed by atoms with Gasteiger partial charge < -0.3 is 4.74 Å². The maximum Gasteiger partial charge on any atom is 0.204 e. The van der Waals surface area contributed by atoms with Crippen LogP contribution in [0.2, 0.25) is 0 Å². The van der Waals surface area contributed by atoms with Crippen LogP contribution >= 0.6 is 0 Å². The summed E-state index contributed by atoms with van der Waals surface area (Å²) < 4.78 is 5.53. The summed E-state index contributed by atoms with van der Waals surface area (Å²) >= 11 is 0. The van der Waals surface area contributed by atoms with E-state index in [1.807, 2.05) is 13.8 Å². The molecule has 4 heteroatoms. The first-order valence-electron chi connectivity index (χ1n) is 7.17. The molecule has 2 atom stereocenters. The van der Waals surface area contributed by atoms with E-state index >= 15 is 0 Å². The minimum absolute atomic E-state index is 0.00222. The Balaban J connectivity index is 2.47. The summed E-state index contributed by atoms with van der Waals surface area (Å²) in [6.07, 6.45) is 1.91. The lowest BCUT2D eigenvalue weighted by Crippen LogP contribution is -2.39. The molecule has 0 spiro atoms. The van der Waals surface area contributed by atoms with Crippen molar-refractivity contribution in [1.29, 1.82) is 10.7 Å². The van der Waals surface area contributed by atoms with Crippen molar-refractivity contribution in [3.63, 3.8) is 0 Å². The zero-order valence-corrected chi connectivity index (χ0v) is 12.6. The molecule has 0 aromatic rings. The maximum absolute atomic E-state index is 12.5. The van der Waals surface area contributed by atoms with E-state index in [2.05, 4.69) is 19.9 Å². The average Bonchev–Trinajstić information content (AvgIpc) is 2.25. The summed E-state index contributed by atoms with van der Waals surface area (Å²) in [6.45, 7) is 8.22. The maximum atomic E-state index is 12.5. The first-order chi connectivity index (χ1) is 9.25. The number of hydrogen-bond acceptors (Lipinski definition) is 4. The largest absolute Gasteiger partial charge is 0.446 e. The van der Waals surface area contributed by atoms with Crippen LogP contribution in [-0.4, -0.2) is 11.7 Å². The Labute approximate surface area is 120 Å². The van der Waals surface area contributed by atoms with E-state index < -0.39 is 5.92 Å². The van der Waals surface area contributed by atoms with Crippen LogP contribution in [-0.2, 0) is 9.53 Å². The van der Waals surface area contributed by atoms with Gasteiger partial charge in [-0.05, 0) is 17.8 Å². The van der Waals surface area contributed by atoms with E-state index in [-0.39, 0.29) is 23.0 Å². The standard InChI is InChI=1S/C16H22N2O2/c1-9(2)5-10-11(8-17)15(18)20-13-7-16(3,4)6-12(19)14(10)13/h9-11,18H,5-7H2,1-4H3. The highest BCUT2D eigenvalue weighted by atomic mass is 16.5. The molecule has 1 aliphatic heterocycles. The fourth-order valence-corrected chi connectivity index (χ4v) is 3.24. The number of allylic oxidation sites excluding steroid dienone is 2. The first kappa shape index (κ1) is 14.8. The fourth-order valence-electron chi connectivity index (χ4n) is 3.24. The molecular weight excluding hydrogens is 252 g/mol. The van der Waals surface area contributed by atoms with Crippen LogP contribution in [0.1, 0.15) is 47.0 Å². The molecular formula is C16H22N2O2. The number of hydrogen-bond donors (Lipinski definition) is 1. The van der Waals surface area contributed by atoms with Crippen molar-refractivity contribution in [3.8, 4) is 6.07 Å². The molecule has 1 N–H and O–H groups in total. The van der Waals surface area contributed by atoms with Crippen molar-refractivity contribution in [2.75, 3.05) is 0 Å². The van der Waals surface area contributed by atoms with E-state index in [0.29, 0.717) is 30.1 Å². The number of ketones is 1. The highest BCUT2D eigenvalue weighted by Gasteiger charge is 2.45. The molecule has 0 aromatic carbocycles. The van der Waals surface area contributed by atoms with Gasteiger partial charge in [-0.2, -0.15) is 5.26 Å². The number of rotatable bonds is 2. The average molecular weight is 274 g/mol. The Hall–Kier alpha value is -1.63. The van der Waals surface area contributed by atoms with Gasteiger partial charge in [0.1, 0.15) is 11.7 Å². The van der Waals surface area contributed by atoms with Gasteiger partial charge >= 0.3 is 0 Å². The van der Waals surface area contributed by atoms with Gasteiger partial charge in [-0.25, -0.2) is 0 Å². The quantitative estimate of drug-likeness (QED) is 0.838. The number of carbonyl (C=O) groups is 1. The predicted molar refractivity (Wildman–Crippen MR) is 75.9 cm³/mol. The molecule has 2 unspecified atom stereocenters. The summed E-state index contributed by atoms with van der Waals surface area (Å²) in [7, 11) is 0. The van der Waals surface area contributed by atoms with Gasteiger partial charge in [-0.15, -0.1) is 0 Å². The Morgan fingerprint density at radius 3 is 2.65 bits per heavy atom. The van der Waals surface area contributed by atoms with Crippen LogP contribution in [0.4, 0.5) is 0 Å². The minimum Gasteiger partial charge on any atom is -0.446 e. The SMILES string of the molecule is CC(C)CC1C2=C(CC(C)(C)CC2=O)OC(=N)C1C#N. The number of nitriles is 1. The first-order valence-corrected chi connectivity index (χ1v) is 7.17. The molecule has 4 nitrogen and oxygen atoms in total. The molecule has 0 bridgehead atoms. The van der Waals surface area contributed by atoms with Crippen LogP contribution in [0.15, 0.2) is 11.3 Å². The molecule has 0 saturated carbocycles. The van der Waals surface area contributed by atoms with E-state index in [4.69, 9.17) is 10.1 Å². The number of carbonyl (C=O) groups excluding carboxylic acids is 1. The monoisotopic (exact) mass is 274 g/mol. The van der Waals surface area contributed by atoms with Crippen molar-refractivity contribution in [2.45, 2.75) is 47.0 Å². The second-order valence-electron chi connectivity index (χ2n) is 7.09. The van der Waals surface area contributed by atoms with E-state index in [1.165, 1.54) is 0 Å². The lowest BCUT2D eigenvalue weighted by Gasteiger charge is -2.39. The number of ether oxygens (including phenoxy) is 1. The fraction of sp³-hybridized carbons (Fsp3) is 0.688. The number of nitrogens with one attached hydrogen (secondary N) is 1. The van der Waals surface area contributed by atoms with Gasteiger partial charge in [0, 0.05) is 24.3 Å². The lowest BCUT2D eigenvalue weighted by molar-refractivity contribution is -0.119. The van der Waals surface area contributed by atoms with E-state index in [0.717, 1.165) is 6.42 Å². The Morgan fingerprint density at radius 2 is 2.10 bits per heavy atom.